The fourth-order valence-electron chi connectivity index (χ4n) is 2.22. The Labute approximate surface area is 120 Å². The summed E-state index contributed by atoms with van der Waals surface area (Å²) in [6.45, 7) is 5.39. The van der Waals surface area contributed by atoms with Crippen molar-refractivity contribution in [1.29, 1.82) is 0 Å². The summed E-state index contributed by atoms with van der Waals surface area (Å²) in [5.74, 6) is 0.845. The monoisotopic (exact) mass is 328 g/mol. The highest BCUT2D eigenvalue weighted by molar-refractivity contribution is 9.10. The second-order valence-electron chi connectivity index (χ2n) is 5.08. The molecule has 0 bridgehead atoms. The van der Waals surface area contributed by atoms with Crippen LogP contribution in [0.1, 0.15) is 25.5 Å². The fourth-order valence-corrected chi connectivity index (χ4v) is 2.41. The van der Waals surface area contributed by atoms with Gasteiger partial charge in [-0.25, -0.2) is 14.8 Å². The van der Waals surface area contributed by atoms with Crippen molar-refractivity contribution in [3.8, 4) is 0 Å². The summed E-state index contributed by atoms with van der Waals surface area (Å²) in [5, 5.41) is 11.4. The van der Waals surface area contributed by atoms with Gasteiger partial charge < -0.3 is 15.3 Å². The summed E-state index contributed by atoms with van der Waals surface area (Å²) in [4.78, 5) is 21.6. The molecule has 2 heterocycles. The molecule has 2 rings (SSSR count). The van der Waals surface area contributed by atoms with Crippen molar-refractivity contribution in [1.82, 2.24) is 15.3 Å². The van der Waals surface area contributed by atoms with E-state index in [1.54, 1.807) is 6.20 Å². The molecule has 1 aromatic rings. The van der Waals surface area contributed by atoms with Gasteiger partial charge >= 0.3 is 6.09 Å². The van der Waals surface area contributed by atoms with Gasteiger partial charge in [0, 0.05) is 18.6 Å². The average Bonchev–Trinajstić information content (AvgIpc) is 2.32. The molecule has 0 aromatic carbocycles. The van der Waals surface area contributed by atoms with Crippen LogP contribution in [0.15, 0.2) is 10.8 Å². The topological polar surface area (TPSA) is 78.4 Å². The smallest absolute Gasteiger partial charge is 0.405 e. The van der Waals surface area contributed by atoms with Crippen LogP contribution in [0.2, 0.25) is 0 Å². The second kappa shape index (κ2) is 5.32. The largest absolute Gasteiger partial charge is 0.465 e. The van der Waals surface area contributed by atoms with Crippen LogP contribution in [0.3, 0.4) is 0 Å². The number of amides is 1. The summed E-state index contributed by atoms with van der Waals surface area (Å²) >= 11 is 3.33. The van der Waals surface area contributed by atoms with Gasteiger partial charge in [-0.3, -0.25) is 0 Å². The van der Waals surface area contributed by atoms with E-state index in [4.69, 9.17) is 5.11 Å². The first-order valence-electron chi connectivity index (χ1n) is 6.15. The number of anilines is 1. The zero-order chi connectivity index (χ0) is 14.0. The molecule has 1 amide bonds. The van der Waals surface area contributed by atoms with Crippen molar-refractivity contribution < 1.29 is 9.90 Å². The van der Waals surface area contributed by atoms with E-state index in [2.05, 4.69) is 36.1 Å². The number of rotatable bonds is 2. The normalized spacial score (nSPS) is 18.2. The molecule has 0 aliphatic carbocycles. The van der Waals surface area contributed by atoms with Crippen molar-refractivity contribution in [3.05, 3.63) is 16.5 Å². The van der Waals surface area contributed by atoms with Gasteiger partial charge in [0.15, 0.2) is 0 Å². The third-order valence-electron chi connectivity index (χ3n) is 3.47. The molecular formula is C12H17BrN4O2. The average molecular weight is 329 g/mol. The van der Waals surface area contributed by atoms with Crippen LogP contribution < -0.4 is 10.2 Å². The molecule has 0 radical (unpaired) electrons. The molecular weight excluding hydrogens is 312 g/mol. The molecule has 104 valence electrons. The quantitative estimate of drug-likeness (QED) is 0.869. The maximum atomic E-state index is 10.8. The van der Waals surface area contributed by atoms with Crippen LogP contribution in [-0.4, -0.2) is 39.8 Å². The lowest BCUT2D eigenvalue weighted by Crippen LogP contribution is -2.53. The van der Waals surface area contributed by atoms with E-state index in [1.165, 1.54) is 0 Å². The predicted molar refractivity (Wildman–Crippen MR) is 75.5 cm³/mol. The SMILES string of the molecule is Cc1nc(N2CCC(C)(NC(=O)O)CC2)cnc1Br. The molecule has 7 heteroatoms. The number of nitrogens with zero attached hydrogens (tertiary/aromatic N) is 3. The molecule has 1 aliphatic rings. The highest BCUT2D eigenvalue weighted by Crippen LogP contribution is 2.25. The Balaban J connectivity index is 2.03. The number of piperidine rings is 1. The Bertz CT molecular complexity index is 487. The molecule has 1 fully saturated rings. The standard InChI is InChI=1S/C12H17BrN4O2/c1-8-10(13)14-7-9(15-8)17-5-3-12(2,4-6-17)16-11(18)19/h7,16H,3-6H2,1-2H3,(H,18,19). The van der Waals surface area contributed by atoms with Gasteiger partial charge in [-0.05, 0) is 42.6 Å². The number of nitrogens with one attached hydrogen (secondary N) is 1. The molecule has 1 aliphatic heterocycles. The van der Waals surface area contributed by atoms with Crippen molar-refractivity contribution in [2.24, 2.45) is 0 Å². The molecule has 0 spiro atoms. The first kappa shape index (κ1) is 14.0. The van der Waals surface area contributed by atoms with E-state index in [9.17, 15) is 4.79 Å². The van der Waals surface area contributed by atoms with Crippen molar-refractivity contribution in [2.45, 2.75) is 32.2 Å². The van der Waals surface area contributed by atoms with Gasteiger partial charge in [0.1, 0.15) is 10.4 Å². The number of aryl methyl sites for hydroxylation is 1. The van der Waals surface area contributed by atoms with E-state index < -0.39 is 6.09 Å². The summed E-state index contributed by atoms with van der Waals surface area (Å²) < 4.78 is 0.755. The van der Waals surface area contributed by atoms with Crippen molar-refractivity contribution >= 4 is 27.8 Å². The Kier molecular flexibility index (Phi) is 3.93. The second-order valence-corrected chi connectivity index (χ2v) is 5.83. The number of hydrogen-bond donors (Lipinski definition) is 2. The number of hydrogen-bond acceptors (Lipinski definition) is 4. The number of halogens is 1. The summed E-state index contributed by atoms with van der Waals surface area (Å²) in [6.07, 6.45) is 2.30. The zero-order valence-electron chi connectivity index (χ0n) is 11.0. The first-order valence-corrected chi connectivity index (χ1v) is 6.94. The molecule has 0 unspecified atom stereocenters. The highest BCUT2D eigenvalue weighted by Gasteiger charge is 2.32. The maximum absolute atomic E-state index is 10.8. The van der Waals surface area contributed by atoms with Crippen LogP contribution in [0.5, 0.6) is 0 Å². The Morgan fingerprint density at radius 2 is 2.16 bits per heavy atom. The van der Waals surface area contributed by atoms with E-state index >= 15 is 0 Å². The minimum atomic E-state index is -0.963. The predicted octanol–water partition coefficient (Wildman–Crippen LogP) is 2.17. The van der Waals surface area contributed by atoms with E-state index in [-0.39, 0.29) is 5.54 Å². The van der Waals surface area contributed by atoms with Gasteiger partial charge in [0.2, 0.25) is 0 Å². The van der Waals surface area contributed by atoms with Crippen molar-refractivity contribution in [3.63, 3.8) is 0 Å². The molecule has 2 N–H and O–H groups in total. The van der Waals surface area contributed by atoms with Gasteiger partial charge in [0.25, 0.3) is 0 Å². The molecule has 19 heavy (non-hydrogen) atoms. The Morgan fingerprint density at radius 3 is 2.68 bits per heavy atom. The fraction of sp³-hybridized carbons (Fsp3) is 0.583. The maximum Gasteiger partial charge on any atom is 0.405 e. The van der Waals surface area contributed by atoms with Gasteiger partial charge in [-0.2, -0.15) is 0 Å². The Morgan fingerprint density at radius 1 is 1.53 bits per heavy atom. The molecule has 6 nitrogen and oxygen atoms in total. The number of aromatic nitrogens is 2. The van der Waals surface area contributed by atoms with Crippen LogP contribution in [0.25, 0.3) is 0 Å². The van der Waals surface area contributed by atoms with E-state index in [0.29, 0.717) is 0 Å². The van der Waals surface area contributed by atoms with Crippen LogP contribution in [-0.2, 0) is 0 Å². The highest BCUT2D eigenvalue weighted by atomic mass is 79.9. The first-order chi connectivity index (χ1) is 8.89. The minimum Gasteiger partial charge on any atom is -0.465 e. The molecule has 1 aromatic heterocycles. The van der Waals surface area contributed by atoms with E-state index in [1.807, 2.05) is 13.8 Å². The third kappa shape index (κ3) is 3.34. The molecule has 0 atom stereocenters. The third-order valence-corrected chi connectivity index (χ3v) is 4.25. The summed E-state index contributed by atoms with van der Waals surface area (Å²) in [7, 11) is 0. The minimum absolute atomic E-state index is 0.347. The lowest BCUT2D eigenvalue weighted by Gasteiger charge is -2.39. The van der Waals surface area contributed by atoms with Crippen LogP contribution in [0.4, 0.5) is 10.6 Å². The van der Waals surface area contributed by atoms with Gasteiger partial charge in [-0.15, -0.1) is 0 Å². The lowest BCUT2D eigenvalue weighted by molar-refractivity contribution is 0.173. The van der Waals surface area contributed by atoms with E-state index in [0.717, 1.165) is 42.0 Å². The van der Waals surface area contributed by atoms with Gasteiger partial charge in [-0.1, -0.05) is 0 Å². The number of carbonyl (C=O) groups is 1. The summed E-state index contributed by atoms with van der Waals surface area (Å²) in [5.41, 5.74) is 0.509. The molecule has 1 saturated heterocycles. The van der Waals surface area contributed by atoms with Gasteiger partial charge in [0.05, 0.1) is 11.9 Å². The zero-order valence-corrected chi connectivity index (χ0v) is 12.6. The summed E-state index contributed by atoms with van der Waals surface area (Å²) in [6, 6.07) is 0. The molecule has 0 saturated carbocycles. The lowest BCUT2D eigenvalue weighted by atomic mass is 9.90. The van der Waals surface area contributed by atoms with Crippen LogP contribution >= 0.6 is 15.9 Å². The van der Waals surface area contributed by atoms with Crippen LogP contribution in [0, 0.1) is 6.92 Å². The Hall–Kier alpha value is -1.37. The number of carboxylic acid groups (broad SMARTS) is 1. The van der Waals surface area contributed by atoms with Crippen molar-refractivity contribution in [2.75, 3.05) is 18.0 Å².